The van der Waals surface area contributed by atoms with Gasteiger partial charge in [0.25, 0.3) is 0 Å². The molecule has 2 atom stereocenters. The predicted molar refractivity (Wildman–Crippen MR) is 112 cm³/mol. The summed E-state index contributed by atoms with van der Waals surface area (Å²) in [5, 5.41) is 4.38. The Hall–Kier alpha value is -2.33. The molecule has 5 rings (SSSR count). The Morgan fingerprint density at radius 2 is 1.68 bits per heavy atom. The molecular weight excluding hydrogens is 417 g/mol. The normalized spacial score (nSPS) is 22.2. The zero-order valence-corrected chi connectivity index (χ0v) is 16.6. The van der Waals surface area contributed by atoms with Crippen LogP contribution >= 0.6 is 34.8 Å². The Bertz CT molecular complexity index is 1160. The summed E-state index contributed by atoms with van der Waals surface area (Å²) < 4.78 is 0. The molecule has 28 heavy (non-hydrogen) atoms. The van der Waals surface area contributed by atoms with Crippen molar-refractivity contribution in [2.24, 2.45) is 0 Å². The van der Waals surface area contributed by atoms with E-state index in [1.165, 1.54) is 12.2 Å². The van der Waals surface area contributed by atoms with Crippen molar-refractivity contribution in [1.29, 1.82) is 0 Å². The molecule has 3 aliphatic carbocycles. The van der Waals surface area contributed by atoms with E-state index >= 15 is 0 Å². The number of nitrogens with one attached hydrogen (secondary N) is 1. The molecule has 0 amide bonds. The zero-order valence-electron chi connectivity index (χ0n) is 14.3. The van der Waals surface area contributed by atoms with Crippen molar-refractivity contribution >= 4 is 57.1 Å². The van der Waals surface area contributed by atoms with E-state index in [2.05, 4.69) is 5.32 Å². The Morgan fingerprint density at radius 3 is 2.43 bits per heavy atom. The maximum absolute atomic E-state index is 13.0. The molecule has 0 spiro atoms. The first-order valence-electron chi connectivity index (χ1n) is 8.68. The van der Waals surface area contributed by atoms with E-state index in [0.29, 0.717) is 43.0 Å². The van der Waals surface area contributed by atoms with Crippen LogP contribution in [0, 0.1) is 0 Å². The molecule has 138 valence electrons. The largest absolute Gasteiger partial charge is 0.358 e. The van der Waals surface area contributed by atoms with E-state index < -0.39 is 5.92 Å². The number of para-hydroxylation sites is 1. The fourth-order valence-electron chi connectivity index (χ4n) is 4.17. The number of hydrogen-bond acceptors (Lipinski definition) is 3. The van der Waals surface area contributed by atoms with Crippen molar-refractivity contribution < 1.29 is 9.59 Å². The molecule has 3 nitrogen and oxygen atoms in total. The van der Waals surface area contributed by atoms with Gasteiger partial charge in [0.05, 0.1) is 16.0 Å². The summed E-state index contributed by atoms with van der Waals surface area (Å²) in [6.45, 7) is 0. The molecule has 0 fully saturated rings. The van der Waals surface area contributed by atoms with E-state index in [0.717, 1.165) is 5.69 Å². The molecular formula is C22H12Cl3NO2. The highest BCUT2D eigenvalue weighted by atomic mass is 35.5. The highest BCUT2D eigenvalue weighted by Gasteiger charge is 2.43. The fraction of sp³-hybridized carbons (Fsp3) is 0.0909. The molecule has 0 heterocycles. The van der Waals surface area contributed by atoms with Crippen molar-refractivity contribution in [2.45, 2.75) is 11.8 Å². The maximum Gasteiger partial charge on any atom is 0.188 e. The van der Waals surface area contributed by atoms with Crippen LogP contribution in [-0.4, -0.2) is 11.6 Å². The summed E-state index contributed by atoms with van der Waals surface area (Å²) in [6.07, 6.45) is 4.71. The molecule has 0 saturated heterocycles. The number of carbonyl (C=O) groups is 2. The van der Waals surface area contributed by atoms with E-state index in [1.807, 2.05) is 36.4 Å². The number of hydrogen-bond donors (Lipinski definition) is 1. The van der Waals surface area contributed by atoms with Gasteiger partial charge in [0, 0.05) is 40.1 Å². The molecule has 2 aromatic rings. The van der Waals surface area contributed by atoms with Gasteiger partial charge in [-0.15, -0.1) is 0 Å². The summed E-state index contributed by atoms with van der Waals surface area (Å²) in [4.78, 5) is 25.6. The smallest absolute Gasteiger partial charge is 0.188 e. The number of carbonyl (C=O) groups excluding carboxylic acids is 2. The van der Waals surface area contributed by atoms with Crippen molar-refractivity contribution in [2.75, 3.05) is 5.32 Å². The van der Waals surface area contributed by atoms with E-state index in [4.69, 9.17) is 34.8 Å². The Morgan fingerprint density at radius 1 is 0.929 bits per heavy atom. The number of ketones is 2. The standard InChI is InChI=1S/C22H12Cl3NO2/c23-13-9-18(28)22-16(26-10-4-2-1-3-5-10)7-12-14(24)8-17(27)21-15(25)6-11(13)20(22)19(12)21/h1-9,12,22,26H/t12-,22-/m0/s1. The number of anilines is 1. The van der Waals surface area contributed by atoms with Crippen LogP contribution in [0.5, 0.6) is 0 Å². The second-order valence-electron chi connectivity index (χ2n) is 6.92. The molecule has 2 aromatic carbocycles. The van der Waals surface area contributed by atoms with Crippen LogP contribution in [-0.2, 0) is 4.79 Å². The van der Waals surface area contributed by atoms with Crippen molar-refractivity contribution in [1.82, 2.24) is 0 Å². The van der Waals surface area contributed by atoms with Crippen LogP contribution in [0.3, 0.4) is 0 Å². The third-order valence-electron chi connectivity index (χ3n) is 5.30. The summed E-state index contributed by atoms with van der Waals surface area (Å²) in [5.41, 5.74) is 4.03. The summed E-state index contributed by atoms with van der Waals surface area (Å²) in [7, 11) is 0. The minimum atomic E-state index is -0.588. The highest BCUT2D eigenvalue weighted by molar-refractivity contribution is 6.51. The van der Waals surface area contributed by atoms with Gasteiger partial charge in [0.1, 0.15) is 0 Å². The van der Waals surface area contributed by atoms with Gasteiger partial charge >= 0.3 is 0 Å². The van der Waals surface area contributed by atoms with Crippen molar-refractivity contribution in [3.63, 3.8) is 0 Å². The average Bonchev–Trinajstić information content (AvgIpc) is 2.65. The second kappa shape index (κ2) is 6.35. The lowest BCUT2D eigenvalue weighted by Crippen LogP contribution is -2.30. The number of halogens is 3. The minimum Gasteiger partial charge on any atom is -0.358 e. The number of benzene rings is 2. The van der Waals surface area contributed by atoms with Crippen LogP contribution in [0.15, 0.2) is 65.4 Å². The van der Waals surface area contributed by atoms with Crippen LogP contribution in [0.2, 0.25) is 5.02 Å². The monoisotopic (exact) mass is 427 g/mol. The van der Waals surface area contributed by atoms with Gasteiger partial charge in [-0.1, -0.05) is 59.1 Å². The lowest BCUT2D eigenvalue weighted by atomic mass is 9.69. The maximum atomic E-state index is 13.0. The van der Waals surface area contributed by atoms with Gasteiger partial charge in [-0.25, -0.2) is 0 Å². The number of allylic oxidation sites excluding steroid dienone is 5. The van der Waals surface area contributed by atoms with Gasteiger partial charge in [0.15, 0.2) is 11.6 Å². The molecule has 0 unspecified atom stereocenters. The lowest BCUT2D eigenvalue weighted by molar-refractivity contribution is -0.115. The summed E-state index contributed by atoms with van der Waals surface area (Å²) >= 11 is 19.3. The molecule has 6 heteroatoms. The van der Waals surface area contributed by atoms with E-state index in [1.54, 1.807) is 6.07 Å². The first-order valence-corrected chi connectivity index (χ1v) is 9.82. The Labute approximate surface area is 176 Å². The van der Waals surface area contributed by atoms with Crippen LogP contribution in [0.1, 0.15) is 38.9 Å². The van der Waals surface area contributed by atoms with Crippen molar-refractivity contribution in [3.05, 3.63) is 92.6 Å². The first-order chi connectivity index (χ1) is 13.5. The molecule has 1 N–H and O–H groups in total. The van der Waals surface area contributed by atoms with E-state index in [-0.39, 0.29) is 17.5 Å². The first kappa shape index (κ1) is 17.7. The average molecular weight is 429 g/mol. The second-order valence-corrected chi connectivity index (χ2v) is 8.17. The zero-order chi connectivity index (χ0) is 19.6. The van der Waals surface area contributed by atoms with Crippen LogP contribution in [0.4, 0.5) is 5.69 Å². The fourth-order valence-corrected chi connectivity index (χ4v) is 5.01. The van der Waals surface area contributed by atoms with Gasteiger partial charge in [0.2, 0.25) is 0 Å². The SMILES string of the molecule is O=C1C=C(Cl)[C@@H]2C=C(Nc3ccccc3)[C@H]3C(=O)C=C(Cl)c4cc(Cl)c1c2c43. The quantitative estimate of drug-likeness (QED) is 0.638. The molecule has 3 aliphatic rings. The topological polar surface area (TPSA) is 46.2 Å². The van der Waals surface area contributed by atoms with Crippen LogP contribution < -0.4 is 5.32 Å². The third kappa shape index (κ3) is 2.51. The van der Waals surface area contributed by atoms with Gasteiger partial charge < -0.3 is 5.32 Å². The number of rotatable bonds is 2. The van der Waals surface area contributed by atoms with Crippen molar-refractivity contribution in [3.8, 4) is 0 Å². The molecule has 0 aliphatic heterocycles. The third-order valence-corrected chi connectivity index (χ3v) is 6.26. The predicted octanol–water partition coefficient (Wildman–Crippen LogP) is 6.00. The minimum absolute atomic E-state index is 0.145. The van der Waals surface area contributed by atoms with E-state index in [9.17, 15) is 9.59 Å². The molecule has 0 bridgehead atoms. The van der Waals surface area contributed by atoms with Gasteiger partial charge in [-0.05, 0) is 34.9 Å². The van der Waals surface area contributed by atoms with Crippen LogP contribution in [0.25, 0.3) is 5.03 Å². The Balaban J connectivity index is 1.79. The van der Waals surface area contributed by atoms with Gasteiger partial charge in [-0.2, -0.15) is 0 Å². The Kier molecular flexibility index (Phi) is 4.02. The highest BCUT2D eigenvalue weighted by Crippen LogP contribution is 2.53. The lowest BCUT2D eigenvalue weighted by Gasteiger charge is -2.37. The molecule has 0 radical (unpaired) electrons. The molecule has 0 saturated carbocycles. The summed E-state index contributed by atoms with van der Waals surface area (Å²) in [5.74, 6) is -1.35. The molecule has 0 aromatic heterocycles. The van der Waals surface area contributed by atoms with Gasteiger partial charge in [-0.3, -0.25) is 9.59 Å². The summed E-state index contributed by atoms with van der Waals surface area (Å²) in [6, 6.07) is 11.2.